The summed E-state index contributed by atoms with van der Waals surface area (Å²) in [6.45, 7) is 7.24. The fourth-order valence-corrected chi connectivity index (χ4v) is 2.85. The van der Waals surface area contributed by atoms with E-state index in [0.717, 1.165) is 25.8 Å². The lowest BCUT2D eigenvalue weighted by molar-refractivity contribution is -0.129. The van der Waals surface area contributed by atoms with Crippen LogP contribution in [0.15, 0.2) is 30.3 Å². The summed E-state index contributed by atoms with van der Waals surface area (Å²) in [4.78, 5) is 12.6. The lowest BCUT2D eigenvalue weighted by Gasteiger charge is -2.35. The molecule has 0 aliphatic carbocycles. The second-order valence-corrected chi connectivity index (χ2v) is 6.32. The van der Waals surface area contributed by atoms with Gasteiger partial charge in [-0.2, -0.15) is 0 Å². The first-order chi connectivity index (χ1) is 9.53. The molecule has 1 aromatic rings. The second-order valence-electron chi connectivity index (χ2n) is 6.32. The first-order valence-electron chi connectivity index (χ1n) is 7.64. The first kappa shape index (κ1) is 15.0. The number of amides is 1. The summed E-state index contributed by atoms with van der Waals surface area (Å²) in [5.41, 5.74) is 0.760. The van der Waals surface area contributed by atoms with Crippen molar-refractivity contribution >= 4 is 5.91 Å². The number of nitrogens with one attached hydrogen (secondary N) is 2. The van der Waals surface area contributed by atoms with E-state index in [2.05, 4.69) is 36.6 Å². The smallest absolute Gasteiger partial charge is 0.240 e. The molecular formula is C17H26N2O. The van der Waals surface area contributed by atoms with Crippen molar-refractivity contribution in [1.29, 1.82) is 0 Å². The largest absolute Gasteiger partial charge is 0.347 e. The summed E-state index contributed by atoms with van der Waals surface area (Å²) < 4.78 is 0. The van der Waals surface area contributed by atoms with Crippen LogP contribution in [0.25, 0.3) is 0 Å². The summed E-state index contributed by atoms with van der Waals surface area (Å²) in [7, 11) is 0. The highest BCUT2D eigenvalue weighted by atomic mass is 16.2. The number of benzene rings is 1. The van der Waals surface area contributed by atoms with Crippen molar-refractivity contribution < 1.29 is 4.79 Å². The third-order valence-electron chi connectivity index (χ3n) is 4.23. The molecule has 2 N–H and O–H groups in total. The van der Waals surface area contributed by atoms with Crippen LogP contribution >= 0.6 is 0 Å². The molecule has 0 aromatic heterocycles. The van der Waals surface area contributed by atoms with E-state index in [-0.39, 0.29) is 11.9 Å². The van der Waals surface area contributed by atoms with Crippen molar-refractivity contribution in [2.75, 3.05) is 6.54 Å². The fraction of sp³-hybridized carbons (Fsp3) is 0.588. The van der Waals surface area contributed by atoms with Crippen molar-refractivity contribution in [2.45, 2.75) is 51.6 Å². The molecular weight excluding hydrogens is 248 g/mol. The topological polar surface area (TPSA) is 41.1 Å². The normalized spacial score (nSPS) is 24.4. The predicted octanol–water partition coefficient (Wildman–Crippen LogP) is 3.03. The number of carbonyl (C=O) groups is 1. The van der Waals surface area contributed by atoms with Gasteiger partial charge >= 0.3 is 0 Å². The van der Waals surface area contributed by atoms with Crippen LogP contribution in [-0.4, -0.2) is 18.0 Å². The summed E-state index contributed by atoms with van der Waals surface area (Å²) in [5, 5.41) is 6.62. The third kappa shape index (κ3) is 3.40. The van der Waals surface area contributed by atoms with E-state index in [1.165, 1.54) is 5.56 Å². The van der Waals surface area contributed by atoms with E-state index in [4.69, 9.17) is 0 Å². The van der Waals surface area contributed by atoms with Gasteiger partial charge in [-0.25, -0.2) is 0 Å². The maximum atomic E-state index is 12.6. The lowest BCUT2D eigenvalue weighted by Crippen LogP contribution is -2.57. The van der Waals surface area contributed by atoms with E-state index in [9.17, 15) is 4.79 Å². The molecule has 0 radical (unpaired) electrons. The van der Waals surface area contributed by atoms with Gasteiger partial charge in [0, 0.05) is 0 Å². The molecule has 110 valence electrons. The lowest BCUT2D eigenvalue weighted by atomic mass is 9.88. The summed E-state index contributed by atoms with van der Waals surface area (Å²) in [5.74, 6) is 0.494. The minimum absolute atomic E-state index is 0.0734. The molecule has 1 saturated heterocycles. The van der Waals surface area contributed by atoms with Crippen LogP contribution in [0.1, 0.15) is 51.6 Å². The molecule has 0 saturated carbocycles. The molecule has 2 rings (SSSR count). The van der Waals surface area contributed by atoms with Crippen molar-refractivity contribution in [2.24, 2.45) is 5.92 Å². The number of rotatable bonds is 4. The maximum absolute atomic E-state index is 12.6. The van der Waals surface area contributed by atoms with Crippen LogP contribution in [0.4, 0.5) is 0 Å². The van der Waals surface area contributed by atoms with Crippen molar-refractivity contribution in [3.05, 3.63) is 35.9 Å². The number of hydrogen-bond donors (Lipinski definition) is 2. The molecule has 20 heavy (non-hydrogen) atoms. The van der Waals surface area contributed by atoms with Crippen molar-refractivity contribution in [3.63, 3.8) is 0 Å². The molecule has 1 fully saturated rings. The Hall–Kier alpha value is -1.35. The van der Waals surface area contributed by atoms with Crippen LogP contribution in [-0.2, 0) is 4.79 Å². The monoisotopic (exact) mass is 274 g/mol. The zero-order valence-corrected chi connectivity index (χ0v) is 12.8. The Balaban J connectivity index is 2.10. The highest BCUT2D eigenvalue weighted by Crippen LogP contribution is 2.24. The average Bonchev–Trinajstić information content (AvgIpc) is 2.45. The second kappa shape index (κ2) is 6.40. The van der Waals surface area contributed by atoms with Crippen LogP contribution in [0.5, 0.6) is 0 Å². The number of carbonyl (C=O) groups excluding carboxylic acids is 1. The van der Waals surface area contributed by atoms with Gasteiger partial charge in [0.2, 0.25) is 5.91 Å². The molecule has 0 spiro atoms. The minimum Gasteiger partial charge on any atom is -0.347 e. The van der Waals surface area contributed by atoms with Crippen LogP contribution < -0.4 is 10.6 Å². The Morgan fingerprint density at radius 1 is 1.25 bits per heavy atom. The Kier molecular flexibility index (Phi) is 4.81. The van der Waals surface area contributed by atoms with E-state index in [1.54, 1.807) is 0 Å². The quantitative estimate of drug-likeness (QED) is 0.886. The van der Waals surface area contributed by atoms with Crippen molar-refractivity contribution in [3.8, 4) is 0 Å². The molecule has 1 heterocycles. The molecule has 1 aliphatic rings. The van der Waals surface area contributed by atoms with E-state index >= 15 is 0 Å². The summed E-state index contributed by atoms with van der Waals surface area (Å²) in [6, 6.07) is 10.3. The number of piperidine rings is 1. The predicted molar refractivity (Wildman–Crippen MR) is 82.4 cm³/mol. The average molecular weight is 274 g/mol. The molecule has 2 unspecified atom stereocenters. The Morgan fingerprint density at radius 3 is 2.50 bits per heavy atom. The van der Waals surface area contributed by atoms with E-state index in [1.807, 2.05) is 25.1 Å². The first-order valence-corrected chi connectivity index (χ1v) is 7.64. The Labute approximate surface area is 122 Å². The highest BCUT2D eigenvalue weighted by Gasteiger charge is 2.35. The zero-order chi connectivity index (χ0) is 14.6. The third-order valence-corrected chi connectivity index (χ3v) is 4.23. The summed E-state index contributed by atoms with van der Waals surface area (Å²) in [6.07, 6.45) is 3.20. The van der Waals surface area contributed by atoms with Crippen LogP contribution in [0.3, 0.4) is 0 Å². The van der Waals surface area contributed by atoms with Crippen LogP contribution in [0.2, 0.25) is 0 Å². The molecule has 0 bridgehead atoms. The van der Waals surface area contributed by atoms with Crippen molar-refractivity contribution in [1.82, 2.24) is 10.6 Å². The standard InChI is InChI=1S/C17H26N2O/c1-13(2)15(14-9-5-4-6-10-14)19-16(20)17(3)11-7-8-12-18-17/h4-6,9-10,13,15,18H,7-8,11-12H2,1-3H3,(H,19,20). The molecule has 1 aromatic carbocycles. The number of hydrogen-bond acceptors (Lipinski definition) is 2. The van der Waals surface area contributed by atoms with Gasteiger partial charge < -0.3 is 10.6 Å². The van der Waals surface area contributed by atoms with Gasteiger partial charge in [0.25, 0.3) is 0 Å². The molecule has 1 amide bonds. The van der Waals surface area contributed by atoms with Gasteiger partial charge in [0.05, 0.1) is 11.6 Å². The zero-order valence-electron chi connectivity index (χ0n) is 12.8. The highest BCUT2D eigenvalue weighted by molar-refractivity contribution is 5.86. The van der Waals surface area contributed by atoms with Gasteiger partial charge in [-0.15, -0.1) is 0 Å². The van der Waals surface area contributed by atoms with Gasteiger partial charge in [-0.1, -0.05) is 44.2 Å². The molecule has 1 aliphatic heterocycles. The summed E-state index contributed by atoms with van der Waals surface area (Å²) >= 11 is 0. The minimum atomic E-state index is -0.416. The molecule has 2 atom stereocenters. The SMILES string of the molecule is CC(C)C(NC(=O)C1(C)CCCCN1)c1ccccc1. The van der Waals surface area contributed by atoms with Gasteiger partial charge in [0.15, 0.2) is 0 Å². The Morgan fingerprint density at radius 2 is 1.95 bits per heavy atom. The maximum Gasteiger partial charge on any atom is 0.240 e. The Bertz CT molecular complexity index is 436. The van der Waals surface area contributed by atoms with Gasteiger partial charge in [-0.3, -0.25) is 4.79 Å². The fourth-order valence-electron chi connectivity index (χ4n) is 2.85. The van der Waals surface area contributed by atoms with E-state index in [0.29, 0.717) is 5.92 Å². The van der Waals surface area contributed by atoms with Crippen LogP contribution in [0, 0.1) is 5.92 Å². The van der Waals surface area contributed by atoms with E-state index < -0.39 is 5.54 Å². The molecule has 3 heteroatoms. The molecule has 3 nitrogen and oxygen atoms in total. The van der Waals surface area contributed by atoms with Gasteiger partial charge in [0.1, 0.15) is 0 Å². The van der Waals surface area contributed by atoms with Gasteiger partial charge in [-0.05, 0) is 44.2 Å².